The molecule has 1 unspecified atom stereocenters. The maximum atomic E-state index is 3.54. The Labute approximate surface area is 116 Å². The second-order valence-electron chi connectivity index (χ2n) is 4.98. The van der Waals surface area contributed by atoms with Gasteiger partial charge in [0.1, 0.15) is 0 Å². The number of likely N-dealkylation sites (N-methyl/N-ethyl adjacent to an activating group) is 1. The van der Waals surface area contributed by atoms with Gasteiger partial charge in [-0.1, -0.05) is 32.3 Å². The Morgan fingerprint density at radius 2 is 2.11 bits per heavy atom. The molecule has 0 fully saturated rings. The monoisotopic (exact) mass is 268 g/mol. The molecule has 1 heterocycles. The molecule has 18 heavy (non-hydrogen) atoms. The van der Waals surface area contributed by atoms with Gasteiger partial charge in [0.05, 0.1) is 0 Å². The van der Waals surface area contributed by atoms with E-state index in [0.29, 0.717) is 6.04 Å². The van der Waals surface area contributed by atoms with Crippen LogP contribution in [-0.4, -0.2) is 31.6 Å². The Hall–Kier alpha value is -0.380. The summed E-state index contributed by atoms with van der Waals surface area (Å²) in [7, 11) is 2.21. The Morgan fingerprint density at radius 3 is 2.78 bits per heavy atom. The summed E-state index contributed by atoms with van der Waals surface area (Å²) in [5, 5.41) is 5.70. The summed E-state index contributed by atoms with van der Waals surface area (Å²) in [5.41, 5.74) is 0. The highest BCUT2D eigenvalue weighted by molar-refractivity contribution is 7.10. The second kappa shape index (κ2) is 9.54. The summed E-state index contributed by atoms with van der Waals surface area (Å²) in [5.74, 6) is 0. The van der Waals surface area contributed by atoms with Crippen molar-refractivity contribution in [3.8, 4) is 0 Å². The number of hydrogen-bond donors (Lipinski definition) is 1. The molecule has 0 aliphatic carbocycles. The van der Waals surface area contributed by atoms with E-state index in [0.717, 1.165) is 13.1 Å². The third kappa shape index (κ3) is 5.98. The summed E-state index contributed by atoms with van der Waals surface area (Å²) in [6.07, 6.45) is 5.38. The lowest BCUT2D eigenvalue weighted by Gasteiger charge is -2.23. The van der Waals surface area contributed by atoms with E-state index in [4.69, 9.17) is 0 Å². The summed E-state index contributed by atoms with van der Waals surface area (Å²) < 4.78 is 0. The van der Waals surface area contributed by atoms with Crippen LogP contribution < -0.4 is 5.32 Å². The van der Waals surface area contributed by atoms with Gasteiger partial charge in [-0.15, -0.1) is 11.3 Å². The van der Waals surface area contributed by atoms with Crippen molar-refractivity contribution in [2.45, 2.75) is 45.6 Å². The highest BCUT2D eigenvalue weighted by atomic mass is 32.1. The lowest BCUT2D eigenvalue weighted by molar-refractivity contribution is 0.264. The fourth-order valence-electron chi connectivity index (χ4n) is 2.00. The van der Waals surface area contributed by atoms with Crippen LogP contribution in [0, 0.1) is 0 Å². The van der Waals surface area contributed by atoms with Crippen molar-refractivity contribution in [3.05, 3.63) is 22.4 Å². The van der Waals surface area contributed by atoms with Crippen LogP contribution in [0.2, 0.25) is 0 Å². The fourth-order valence-corrected chi connectivity index (χ4v) is 2.85. The molecule has 0 radical (unpaired) electrons. The third-order valence-electron chi connectivity index (χ3n) is 3.46. The molecule has 1 atom stereocenters. The molecule has 1 aromatic heterocycles. The van der Waals surface area contributed by atoms with E-state index in [2.05, 4.69) is 48.6 Å². The first-order valence-corrected chi connectivity index (χ1v) is 8.08. The zero-order chi connectivity index (χ0) is 13.2. The predicted molar refractivity (Wildman–Crippen MR) is 82.4 cm³/mol. The minimum Gasteiger partial charge on any atom is -0.315 e. The summed E-state index contributed by atoms with van der Waals surface area (Å²) in [6, 6.07) is 4.90. The second-order valence-corrected chi connectivity index (χ2v) is 5.96. The summed E-state index contributed by atoms with van der Waals surface area (Å²) in [4.78, 5) is 3.88. The minimum absolute atomic E-state index is 0.534. The molecule has 0 bridgehead atoms. The molecule has 0 aliphatic heterocycles. The molecule has 1 rings (SSSR count). The van der Waals surface area contributed by atoms with Crippen LogP contribution in [0.1, 0.15) is 50.4 Å². The van der Waals surface area contributed by atoms with Gasteiger partial charge in [-0.3, -0.25) is 4.90 Å². The molecule has 1 aromatic rings. The van der Waals surface area contributed by atoms with Crippen LogP contribution in [0.5, 0.6) is 0 Å². The molecule has 0 spiro atoms. The van der Waals surface area contributed by atoms with Crippen LogP contribution in [-0.2, 0) is 0 Å². The highest BCUT2D eigenvalue weighted by Crippen LogP contribution is 2.22. The summed E-state index contributed by atoms with van der Waals surface area (Å²) >= 11 is 1.85. The highest BCUT2D eigenvalue weighted by Gasteiger charge is 2.11. The number of nitrogens with zero attached hydrogens (tertiary/aromatic N) is 1. The largest absolute Gasteiger partial charge is 0.315 e. The van der Waals surface area contributed by atoms with E-state index >= 15 is 0 Å². The van der Waals surface area contributed by atoms with Gasteiger partial charge in [-0.25, -0.2) is 0 Å². The maximum Gasteiger partial charge on any atom is 0.0410 e. The smallest absolute Gasteiger partial charge is 0.0410 e. The molecule has 2 nitrogen and oxygen atoms in total. The topological polar surface area (TPSA) is 15.3 Å². The lowest BCUT2D eigenvalue weighted by atomic mass is 10.2. The van der Waals surface area contributed by atoms with E-state index in [-0.39, 0.29) is 0 Å². The van der Waals surface area contributed by atoms with Gasteiger partial charge in [-0.2, -0.15) is 0 Å². The van der Waals surface area contributed by atoms with E-state index in [1.165, 1.54) is 37.1 Å². The van der Waals surface area contributed by atoms with Gasteiger partial charge < -0.3 is 5.32 Å². The van der Waals surface area contributed by atoms with Crippen molar-refractivity contribution in [3.63, 3.8) is 0 Å². The van der Waals surface area contributed by atoms with Gasteiger partial charge >= 0.3 is 0 Å². The Morgan fingerprint density at radius 1 is 1.28 bits per heavy atom. The third-order valence-corrected chi connectivity index (χ3v) is 4.51. The maximum absolute atomic E-state index is 3.54. The van der Waals surface area contributed by atoms with Crippen molar-refractivity contribution in [1.29, 1.82) is 0 Å². The molecule has 0 aliphatic rings. The van der Waals surface area contributed by atoms with E-state index in [1.807, 2.05) is 11.3 Å². The minimum atomic E-state index is 0.534. The van der Waals surface area contributed by atoms with Crippen LogP contribution in [0.3, 0.4) is 0 Å². The van der Waals surface area contributed by atoms with E-state index in [9.17, 15) is 0 Å². The van der Waals surface area contributed by atoms with E-state index in [1.54, 1.807) is 0 Å². The molecule has 0 saturated carbocycles. The van der Waals surface area contributed by atoms with Crippen molar-refractivity contribution in [2.24, 2.45) is 0 Å². The Balaban J connectivity index is 2.05. The molecule has 3 heteroatoms. The fraction of sp³-hybridized carbons (Fsp3) is 0.733. The summed E-state index contributed by atoms with van der Waals surface area (Å²) in [6.45, 7) is 7.92. The molecule has 0 amide bonds. The predicted octanol–water partition coefficient (Wildman–Crippen LogP) is 3.91. The van der Waals surface area contributed by atoms with Crippen LogP contribution in [0.4, 0.5) is 0 Å². The first kappa shape index (κ1) is 15.7. The van der Waals surface area contributed by atoms with Crippen molar-refractivity contribution >= 4 is 11.3 Å². The Bertz CT molecular complexity index is 285. The van der Waals surface area contributed by atoms with Crippen LogP contribution in [0.15, 0.2) is 17.5 Å². The zero-order valence-electron chi connectivity index (χ0n) is 12.1. The SMILES string of the molecule is CCCCCCNCCN(C)C(C)c1cccs1. The zero-order valence-corrected chi connectivity index (χ0v) is 12.9. The number of hydrogen-bond acceptors (Lipinski definition) is 3. The molecular weight excluding hydrogens is 240 g/mol. The number of rotatable bonds is 10. The average Bonchev–Trinajstić information content (AvgIpc) is 2.90. The van der Waals surface area contributed by atoms with E-state index < -0.39 is 0 Å². The molecule has 0 aromatic carbocycles. The lowest BCUT2D eigenvalue weighted by Crippen LogP contribution is -2.31. The van der Waals surface area contributed by atoms with Crippen LogP contribution >= 0.6 is 11.3 Å². The normalized spacial score (nSPS) is 13.1. The quantitative estimate of drug-likeness (QED) is 0.647. The molecule has 0 saturated heterocycles. The average molecular weight is 268 g/mol. The van der Waals surface area contributed by atoms with Crippen molar-refractivity contribution in [2.75, 3.05) is 26.7 Å². The molecular formula is C15H28N2S. The molecule has 1 N–H and O–H groups in total. The standard InChI is InChI=1S/C15H28N2S/c1-4-5-6-7-10-16-11-12-17(3)14(2)15-9-8-13-18-15/h8-9,13-14,16H,4-7,10-12H2,1-3H3. The van der Waals surface area contributed by atoms with Gasteiger partial charge in [0.15, 0.2) is 0 Å². The number of thiophene rings is 1. The Kier molecular flexibility index (Phi) is 8.31. The number of unbranched alkanes of at least 4 members (excludes halogenated alkanes) is 3. The molecule has 104 valence electrons. The first-order chi connectivity index (χ1) is 8.75. The van der Waals surface area contributed by atoms with Crippen LogP contribution in [0.25, 0.3) is 0 Å². The number of nitrogens with one attached hydrogen (secondary N) is 1. The van der Waals surface area contributed by atoms with Gasteiger partial charge in [0, 0.05) is 24.0 Å². The van der Waals surface area contributed by atoms with Gasteiger partial charge in [0.2, 0.25) is 0 Å². The first-order valence-electron chi connectivity index (χ1n) is 7.20. The van der Waals surface area contributed by atoms with Gasteiger partial charge in [0.25, 0.3) is 0 Å². The van der Waals surface area contributed by atoms with Gasteiger partial charge in [-0.05, 0) is 38.4 Å². The van der Waals surface area contributed by atoms with Crippen molar-refractivity contribution < 1.29 is 0 Å². The van der Waals surface area contributed by atoms with Crippen molar-refractivity contribution in [1.82, 2.24) is 10.2 Å².